The van der Waals surface area contributed by atoms with Crippen LogP contribution in [0.4, 0.5) is 4.39 Å². The van der Waals surface area contributed by atoms with E-state index in [1.807, 2.05) is 0 Å². The Labute approximate surface area is 157 Å². The lowest BCUT2D eigenvalue weighted by Crippen LogP contribution is -2.19. The molecule has 9 heteroatoms. The van der Waals surface area contributed by atoms with Gasteiger partial charge >= 0.3 is 5.97 Å². The number of hydrogen-bond donors (Lipinski definition) is 1. The van der Waals surface area contributed by atoms with E-state index >= 15 is 0 Å². The molecule has 0 fully saturated rings. The Morgan fingerprint density at radius 2 is 1.96 bits per heavy atom. The lowest BCUT2D eigenvalue weighted by atomic mass is 10.3. The second kappa shape index (κ2) is 9.30. The van der Waals surface area contributed by atoms with Crippen LogP contribution in [0.3, 0.4) is 0 Å². The molecule has 0 spiro atoms. The quantitative estimate of drug-likeness (QED) is 0.545. The third-order valence-corrected chi connectivity index (χ3v) is 4.47. The average Bonchev–Trinajstić information content (AvgIpc) is 3.06. The number of benzene rings is 1. The summed E-state index contributed by atoms with van der Waals surface area (Å²) in [6.45, 7) is 0.843. The van der Waals surface area contributed by atoms with Crippen LogP contribution in [-0.2, 0) is 20.9 Å². The van der Waals surface area contributed by atoms with Gasteiger partial charge in [0.25, 0.3) is 0 Å². The van der Waals surface area contributed by atoms with Crippen molar-refractivity contribution in [3.8, 4) is 5.75 Å². The Morgan fingerprint density at radius 1 is 1.19 bits per heavy atom. The van der Waals surface area contributed by atoms with Crippen molar-refractivity contribution >= 4 is 40.6 Å². The molecule has 0 aliphatic carbocycles. The maximum Gasteiger partial charge on any atom is 0.344 e. The molecule has 0 saturated carbocycles. The highest BCUT2D eigenvalue weighted by atomic mass is 35.5. The molecule has 0 bridgehead atoms. The number of carbonyl (C=O) groups is 3. The van der Waals surface area contributed by atoms with Gasteiger partial charge in [0.1, 0.15) is 11.6 Å². The number of ether oxygens (including phenoxy) is 2. The minimum Gasteiger partial charge on any atom is -0.480 e. The molecule has 0 atom stereocenters. The fraction of sp³-hybridized carbons (Fsp3) is 0.235. The molecule has 26 heavy (non-hydrogen) atoms. The number of ketones is 1. The van der Waals surface area contributed by atoms with E-state index < -0.39 is 25.0 Å². The zero-order valence-electron chi connectivity index (χ0n) is 13.7. The standard InChI is InChI=1S/C17H15ClFNO5S/c1-10(21)20-7-12-3-5-16(26-12)14(22)8-25-17(23)9-24-15-4-2-11(19)6-13(15)18/h2-6H,7-9H2,1H3,(H,20,21). The molecule has 138 valence electrons. The first-order valence-electron chi connectivity index (χ1n) is 7.45. The lowest BCUT2D eigenvalue weighted by molar-refractivity contribution is -0.144. The highest BCUT2D eigenvalue weighted by molar-refractivity contribution is 7.14. The third-order valence-electron chi connectivity index (χ3n) is 3.05. The Balaban J connectivity index is 1.77. The predicted molar refractivity (Wildman–Crippen MR) is 94.0 cm³/mol. The van der Waals surface area contributed by atoms with E-state index in [2.05, 4.69) is 5.32 Å². The molecular formula is C17H15ClFNO5S. The van der Waals surface area contributed by atoms with Crippen LogP contribution in [0.15, 0.2) is 30.3 Å². The summed E-state index contributed by atoms with van der Waals surface area (Å²) >= 11 is 6.98. The van der Waals surface area contributed by atoms with Gasteiger partial charge in [-0.1, -0.05) is 11.6 Å². The Morgan fingerprint density at radius 3 is 2.65 bits per heavy atom. The number of nitrogens with one attached hydrogen (secondary N) is 1. The maximum atomic E-state index is 12.9. The van der Waals surface area contributed by atoms with Crippen molar-refractivity contribution in [1.29, 1.82) is 0 Å². The van der Waals surface area contributed by atoms with E-state index in [1.54, 1.807) is 12.1 Å². The zero-order valence-corrected chi connectivity index (χ0v) is 15.3. The number of esters is 1. The van der Waals surface area contributed by atoms with Gasteiger partial charge in [0.15, 0.2) is 13.2 Å². The van der Waals surface area contributed by atoms with E-state index in [0.717, 1.165) is 17.0 Å². The van der Waals surface area contributed by atoms with Crippen molar-refractivity contribution in [1.82, 2.24) is 5.32 Å². The Bertz CT molecular complexity index is 823. The van der Waals surface area contributed by atoms with Gasteiger partial charge in [0.2, 0.25) is 11.7 Å². The van der Waals surface area contributed by atoms with Gasteiger partial charge in [-0.05, 0) is 30.3 Å². The smallest absolute Gasteiger partial charge is 0.344 e. The molecule has 1 amide bonds. The molecule has 2 rings (SSSR count). The highest BCUT2D eigenvalue weighted by Crippen LogP contribution is 2.24. The number of halogens is 2. The molecule has 1 heterocycles. The molecule has 6 nitrogen and oxygen atoms in total. The molecule has 0 radical (unpaired) electrons. The first-order valence-corrected chi connectivity index (χ1v) is 8.64. The van der Waals surface area contributed by atoms with Crippen molar-refractivity contribution in [3.05, 3.63) is 50.9 Å². The van der Waals surface area contributed by atoms with Gasteiger partial charge in [-0.25, -0.2) is 9.18 Å². The van der Waals surface area contributed by atoms with Crippen LogP contribution >= 0.6 is 22.9 Å². The van der Waals surface area contributed by atoms with E-state index in [1.165, 1.54) is 24.3 Å². The fourth-order valence-corrected chi connectivity index (χ4v) is 2.92. The number of rotatable bonds is 8. The summed E-state index contributed by atoms with van der Waals surface area (Å²) in [5, 5.41) is 2.66. The number of thiophene rings is 1. The number of amides is 1. The van der Waals surface area contributed by atoms with Gasteiger partial charge in [0, 0.05) is 11.8 Å². The fourth-order valence-electron chi connectivity index (χ4n) is 1.82. The molecule has 1 aromatic heterocycles. The van der Waals surface area contributed by atoms with Crippen LogP contribution in [0.2, 0.25) is 5.02 Å². The van der Waals surface area contributed by atoms with Crippen molar-refractivity contribution in [2.45, 2.75) is 13.5 Å². The minimum atomic E-state index is -0.756. The molecule has 1 N–H and O–H groups in total. The summed E-state index contributed by atoms with van der Waals surface area (Å²) < 4.78 is 22.9. The molecule has 1 aromatic carbocycles. The number of Topliss-reactive ketones (excluding diaryl/α,β-unsaturated/α-hetero) is 1. The maximum absolute atomic E-state index is 12.9. The molecule has 0 aliphatic heterocycles. The summed E-state index contributed by atoms with van der Waals surface area (Å²) in [6.07, 6.45) is 0. The van der Waals surface area contributed by atoms with E-state index in [0.29, 0.717) is 11.4 Å². The monoisotopic (exact) mass is 399 g/mol. The van der Waals surface area contributed by atoms with Crippen molar-refractivity contribution in [2.24, 2.45) is 0 Å². The minimum absolute atomic E-state index is 0.0270. The first kappa shape index (κ1) is 19.9. The van der Waals surface area contributed by atoms with Crippen LogP contribution in [0.5, 0.6) is 5.75 Å². The topological polar surface area (TPSA) is 81.7 Å². The molecular weight excluding hydrogens is 385 g/mol. The van der Waals surface area contributed by atoms with Gasteiger partial charge in [-0.3, -0.25) is 9.59 Å². The first-order chi connectivity index (χ1) is 12.3. The van der Waals surface area contributed by atoms with E-state index in [4.69, 9.17) is 21.1 Å². The largest absolute Gasteiger partial charge is 0.480 e. The lowest BCUT2D eigenvalue weighted by Gasteiger charge is -2.07. The van der Waals surface area contributed by atoms with Crippen molar-refractivity contribution in [3.63, 3.8) is 0 Å². The Kier molecular flexibility index (Phi) is 7.11. The summed E-state index contributed by atoms with van der Waals surface area (Å²) in [5.74, 6) is -1.67. The van der Waals surface area contributed by atoms with Crippen molar-refractivity contribution < 1.29 is 28.2 Å². The van der Waals surface area contributed by atoms with Crippen LogP contribution in [0.1, 0.15) is 21.5 Å². The predicted octanol–water partition coefficient (Wildman–Crippen LogP) is 2.98. The Hall–Kier alpha value is -2.45. The molecule has 0 saturated heterocycles. The number of hydrogen-bond acceptors (Lipinski definition) is 6. The zero-order chi connectivity index (χ0) is 19.1. The summed E-state index contributed by atoms with van der Waals surface area (Å²) in [5.41, 5.74) is 0. The SMILES string of the molecule is CC(=O)NCc1ccc(C(=O)COC(=O)COc2ccc(F)cc2Cl)s1. The van der Waals surface area contributed by atoms with Crippen molar-refractivity contribution in [2.75, 3.05) is 13.2 Å². The third kappa shape index (κ3) is 6.12. The van der Waals surface area contributed by atoms with Gasteiger partial charge < -0.3 is 14.8 Å². The van der Waals surface area contributed by atoms with Gasteiger partial charge in [-0.2, -0.15) is 0 Å². The van der Waals surface area contributed by atoms with Crippen LogP contribution in [-0.4, -0.2) is 30.9 Å². The van der Waals surface area contributed by atoms with Gasteiger partial charge in [-0.15, -0.1) is 11.3 Å². The second-order valence-corrected chi connectivity index (χ2v) is 6.70. The summed E-state index contributed by atoms with van der Waals surface area (Å²) in [4.78, 5) is 35.8. The van der Waals surface area contributed by atoms with Gasteiger partial charge in [0.05, 0.1) is 16.4 Å². The average molecular weight is 400 g/mol. The summed E-state index contributed by atoms with van der Waals surface area (Å²) in [7, 11) is 0. The highest BCUT2D eigenvalue weighted by Gasteiger charge is 2.14. The summed E-state index contributed by atoms with van der Waals surface area (Å²) in [6, 6.07) is 6.81. The molecule has 2 aromatic rings. The van der Waals surface area contributed by atoms with Crippen LogP contribution in [0, 0.1) is 5.82 Å². The van der Waals surface area contributed by atoms with Crippen LogP contribution < -0.4 is 10.1 Å². The second-order valence-electron chi connectivity index (χ2n) is 5.12. The number of carbonyl (C=O) groups excluding carboxylic acids is 3. The molecule has 0 unspecified atom stereocenters. The normalized spacial score (nSPS) is 10.3. The van der Waals surface area contributed by atoms with E-state index in [9.17, 15) is 18.8 Å². The molecule has 0 aliphatic rings. The van der Waals surface area contributed by atoms with E-state index in [-0.39, 0.29) is 22.5 Å². The van der Waals surface area contributed by atoms with Crippen LogP contribution in [0.25, 0.3) is 0 Å².